The third kappa shape index (κ3) is 4.10. The summed E-state index contributed by atoms with van der Waals surface area (Å²) in [6.07, 6.45) is 0. The van der Waals surface area contributed by atoms with Gasteiger partial charge in [0.1, 0.15) is 17.4 Å². The minimum absolute atomic E-state index is 0.0262. The van der Waals surface area contributed by atoms with E-state index in [4.69, 9.17) is 17.0 Å². The van der Waals surface area contributed by atoms with Crippen molar-refractivity contribution in [1.82, 2.24) is 0 Å². The van der Waals surface area contributed by atoms with Crippen molar-refractivity contribution in [2.24, 2.45) is 0 Å². The van der Waals surface area contributed by atoms with Crippen molar-refractivity contribution in [2.75, 3.05) is 17.7 Å². The monoisotopic (exact) mass is 339 g/mol. The average Bonchev–Trinajstić information content (AvgIpc) is 2.51. The highest BCUT2D eigenvalue weighted by molar-refractivity contribution is 7.80. The smallest absolute Gasteiger partial charge is 0.273 e. The zero-order valence-corrected chi connectivity index (χ0v) is 12.6. The van der Waals surface area contributed by atoms with Crippen LogP contribution in [0.4, 0.5) is 25.8 Å². The molecule has 0 amide bonds. The molecule has 0 aliphatic rings. The number of non-ortho nitro benzene ring substituents is 1. The van der Waals surface area contributed by atoms with Gasteiger partial charge in [-0.05, 0) is 30.4 Å². The van der Waals surface area contributed by atoms with E-state index in [2.05, 4.69) is 10.6 Å². The van der Waals surface area contributed by atoms with Crippen LogP contribution in [0.5, 0.6) is 5.75 Å². The number of benzene rings is 2. The summed E-state index contributed by atoms with van der Waals surface area (Å²) in [5.41, 5.74) is 0.0539. The number of halogens is 2. The van der Waals surface area contributed by atoms with E-state index >= 15 is 0 Å². The topological polar surface area (TPSA) is 76.4 Å². The number of methoxy groups -OCH3 is 1. The Hall–Kier alpha value is -2.81. The molecular weight excluding hydrogens is 328 g/mol. The van der Waals surface area contributed by atoms with Crippen LogP contribution in [-0.2, 0) is 0 Å². The quantitative estimate of drug-likeness (QED) is 0.503. The van der Waals surface area contributed by atoms with Crippen molar-refractivity contribution in [3.8, 4) is 5.75 Å². The van der Waals surface area contributed by atoms with Gasteiger partial charge < -0.3 is 15.4 Å². The summed E-state index contributed by atoms with van der Waals surface area (Å²) in [5.74, 6) is -1.11. The number of nitro groups is 1. The van der Waals surface area contributed by atoms with Gasteiger partial charge in [0.05, 0.1) is 29.5 Å². The van der Waals surface area contributed by atoms with E-state index in [1.54, 1.807) is 0 Å². The molecule has 9 heteroatoms. The average molecular weight is 339 g/mol. The van der Waals surface area contributed by atoms with Crippen molar-refractivity contribution in [2.45, 2.75) is 0 Å². The molecule has 0 aliphatic heterocycles. The van der Waals surface area contributed by atoms with Crippen molar-refractivity contribution >= 4 is 34.4 Å². The molecule has 0 spiro atoms. The largest absolute Gasteiger partial charge is 0.494 e. The molecule has 2 aromatic rings. The van der Waals surface area contributed by atoms with Gasteiger partial charge in [-0.1, -0.05) is 0 Å². The molecule has 0 radical (unpaired) electrons. The minimum atomic E-state index is -0.675. The summed E-state index contributed by atoms with van der Waals surface area (Å²) in [4.78, 5) is 10.2. The zero-order valence-electron chi connectivity index (χ0n) is 11.8. The first-order valence-electron chi connectivity index (χ1n) is 6.26. The highest BCUT2D eigenvalue weighted by Gasteiger charge is 2.13. The first-order valence-corrected chi connectivity index (χ1v) is 6.67. The molecule has 0 saturated carbocycles. The van der Waals surface area contributed by atoms with E-state index in [1.807, 2.05) is 0 Å². The van der Waals surface area contributed by atoms with Gasteiger partial charge in [-0.2, -0.15) is 0 Å². The molecule has 0 heterocycles. The minimum Gasteiger partial charge on any atom is -0.494 e. The van der Waals surface area contributed by atoms with Gasteiger partial charge in [-0.25, -0.2) is 8.78 Å². The molecule has 2 rings (SSSR count). The lowest BCUT2D eigenvalue weighted by molar-refractivity contribution is -0.384. The van der Waals surface area contributed by atoms with Crippen molar-refractivity contribution < 1.29 is 18.4 Å². The zero-order chi connectivity index (χ0) is 17.0. The van der Waals surface area contributed by atoms with Crippen molar-refractivity contribution in [3.05, 3.63) is 58.1 Å². The number of anilines is 2. The number of ether oxygens (including phenoxy) is 1. The summed E-state index contributed by atoms with van der Waals surface area (Å²) in [7, 11) is 1.34. The lowest BCUT2D eigenvalue weighted by atomic mass is 10.2. The number of hydrogen-bond donors (Lipinski definition) is 2. The van der Waals surface area contributed by atoms with Crippen LogP contribution in [0.15, 0.2) is 36.4 Å². The van der Waals surface area contributed by atoms with Gasteiger partial charge in [0, 0.05) is 12.1 Å². The van der Waals surface area contributed by atoms with E-state index in [0.29, 0.717) is 5.69 Å². The molecule has 0 fully saturated rings. The standard InChI is InChI=1S/C14H11F2N3O3S/c1-22-13-7-9(19(20)21)3-5-11(13)17-14(23)18-12-6-8(15)2-4-10(12)16/h2-7H,1H3,(H2,17,18,23). The summed E-state index contributed by atoms with van der Waals surface area (Å²) in [5, 5.41) is 15.9. The van der Waals surface area contributed by atoms with Crippen LogP contribution in [0.2, 0.25) is 0 Å². The number of thiocarbonyl (C=S) groups is 1. The fourth-order valence-electron chi connectivity index (χ4n) is 1.77. The molecule has 0 aromatic heterocycles. The van der Waals surface area contributed by atoms with Crippen LogP contribution < -0.4 is 15.4 Å². The second-order valence-electron chi connectivity index (χ2n) is 4.34. The predicted molar refractivity (Wildman–Crippen MR) is 85.8 cm³/mol. The highest BCUT2D eigenvalue weighted by Crippen LogP contribution is 2.29. The molecule has 2 aromatic carbocycles. The van der Waals surface area contributed by atoms with E-state index < -0.39 is 16.6 Å². The number of hydrogen-bond acceptors (Lipinski definition) is 4. The van der Waals surface area contributed by atoms with Crippen molar-refractivity contribution in [3.63, 3.8) is 0 Å². The summed E-state index contributed by atoms with van der Waals surface area (Å²) >= 11 is 5.01. The molecule has 0 atom stereocenters. The lowest BCUT2D eigenvalue weighted by Crippen LogP contribution is -2.20. The van der Waals surface area contributed by atoms with Crippen LogP contribution in [0.1, 0.15) is 0 Å². The summed E-state index contributed by atoms with van der Waals surface area (Å²) in [6.45, 7) is 0. The van der Waals surface area contributed by atoms with E-state index in [-0.39, 0.29) is 22.2 Å². The molecule has 120 valence electrons. The molecule has 6 nitrogen and oxygen atoms in total. The van der Waals surface area contributed by atoms with Gasteiger partial charge in [-0.15, -0.1) is 0 Å². The van der Waals surface area contributed by atoms with Gasteiger partial charge in [0.15, 0.2) is 5.11 Å². The van der Waals surface area contributed by atoms with E-state index in [9.17, 15) is 18.9 Å². The molecule has 0 saturated heterocycles. The Balaban J connectivity index is 2.17. The number of nitrogens with zero attached hydrogens (tertiary/aromatic N) is 1. The fourth-order valence-corrected chi connectivity index (χ4v) is 1.99. The maximum Gasteiger partial charge on any atom is 0.273 e. The molecule has 2 N–H and O–H groups in total. The Morgan fingerprint density at radius 1 is 1.17 bits per heavy atom. The Morgan fingerprint density at radius 3 is 2.52 bits per heavy atom. The van der Waals surface area contributed by atoms with Crippen LogP contribution >= 0.6 is 12.2 Å². The van der Waals surface area contributed by atoms with E-state index in [1.165, 1.54) is 25.3 Å². The third-order valence-corrected chi connectivity index (χ3v) is 3.02. The normalized spacial score (nSPS) is 10.0. The summed E-state index contributed by atoms with van der Waals surface area (Å²) in [6, 6.07) is 6.77. The molecule has 0 bridgehead atoms. The molecular formula is C14H11F2N3O3S. The number of rotatable bonds is 4. The van der Waals surface area contributed by atoms with Crippen molar-refractivity contribution in [1.29, 1.82) is 0 Å². The van der Waals surface area contributed by atoms with Gasteiger partial charge in [-0.3, -0.25) is 10.1 Å². The Bertz CT molecular complexity index is 771. The van der Waals surface area contributed by atoms with Crippen LogP contribution in [0.3, 0.4) is 0 Å². The predicted octanol–water partition coefficient (Wildman–Crippen LogP) is 3.69. The molecule has 23 heavy (non-hydrogen) atoms. The molecule has 0 unspecified atom stereocenters. The number of nitrogens with one attached hydrogen (secondary N) is 2. The Morgan fingerprint density at radius 2 is 1.87 bits per heavy atom. The number of nitro benzene ring substituents is 1. The lowest BCUT2D eigenvalue weighted by Gasteiger charge is -2.13. The summed E-state index contributed by atoms with van der Waals surface area (Å²) < 4.78 is 31.7. The second-order valence-corrected chi connectivity index (χ2v) is 4.75. The maximum absolute atomic E-state index is 13.5. The van der Waals surface area contributed by atoms with Gasteiger partial charge in [0.25, 0.3) is 5.69 Å². The Kier molecular flexibility index (Phi) is 5.02. The molecule has 0 aliphatic carbocycles. The SMILES string of the molecule is COc1cc([N+](=O)[O-])ccc1NC(=S)Nc1cc(F)ccc1F. The first-order chi connectivity index (χ1) is 10.9. The van der Waals surface area contributed by atoms with Crippen LogP contribution in [-0.4, -0.2) is 17.1 Å². The Labute approximate surface area is 135 Å². The maximum atomic E-state index is 13.5. The first kappa shape index (κ1) is 16.6. The van der Waals surface area contributed by atoms with Crippen LogP contribution in [0, 0.1) is 21.7 Å². The van der Waals surface area contributed by atoms with E-state index in [0.717, 1.165) is 18.2 Å². The fraction of sp³-hybridized carbons (Fsp3) is 0.0714. The van der Waals surface area contributed by atoms with Gasteiger partial charge >= 0.3 is 0 Å². The highest BCUT2D eigenvalue weighted by atomic mass is 32.1. The third-order valence-electron chi connectivity index (χ3n) is 2.82. The van der Waals surface area contributed by atoms with Crippen LogP contribution in [0.25, 0.3) is 0 Å². The van der Waals surface area contributed by atoms with Gasteiger partial charge in [0.2, 0.25) is 0 Å². The second kappa shape index (κ2) is 6.97.